The Morgan fingerprint density at radius 3 is 2.94 bits per heavy atom. The molecule has 2 heterocycles. The van der Waals surface area contributed by atoms with Gasteiger partial charge in [0, 0.05) is 18.0 Å². The number of fused-ring (bicyclic) bond motifs is 3. The molecular formula is C13H18ClNO2. The van der Waals surface area contributed by atoms with Crippen LogP contribution in [0.25, 0.3) is 0 Å². The average Bonchev–Trinajstić information content (AvgIpc) is 2.33. The molecule has 1 fully saturated rings. The molecule has 0 aromatic heterocycles. The molecule has 0 saturated carbocycles. The van der Waals surface area contributed by atoms with Crippen molar-refractivity contribution in [3.8, 4) is 5.75 Å². The molecule has 1 aromatic carbocycles. The fourth-order valence-electron chi connectivity index (χ4n) is 2.92. The summed E-state index contributed by atoms with van der Waals surface area (Å²) in [5.41, 5.74) is 1.16. The van der Waals surface area contributed by atoms with E-state index in [1.807, 2.05) is 18.2 Å². The van der Waals surface area contributed by atoms with E-state index in [0.717, 1.165) is 24.3 Å². The van der Waals surface area contributed by atoms with Crippen LogP contribution in [0.5, 0.6) is 5.75 Å². The number of piperidine rings is 1. The number of nitrogens with zero attached hydrogens (tertiary/aromatic N) is 1. The van der Waals surface area contributed by atoms with Gasteiger partial charge in [0.25, 0.3) is 0 Å². The second-order valence-electron chi connectivity index (χ2n) is 4.78. The number of aliphatic hydroxyl groups excluding tert-OH is 1. The zero-order valence-corrected chi connectivity index (χ0v) is 10.7. The lowest BCUT2D eigenvalue weighted by molar-refractivity contribution is 0.000484. The molecule has 1 unspecified atom stereocenters. The second-order valence-corrected chi connectivity index (χ2v) is 4.78. The summed E-state index contributed by atoms with van der Waals surface area (Å²) in [6.45, 7) is 1.64. The minimum Gasteiger partial charge on any atom is -0.492 e. The van der Waals surface area contributed by atoms with Crippen molar-refractivity contribution in [1.29, 1.82) is 0 Å². The van der Waals surface area contributed by atoms with Crippen molar-refractivity contribution in [2.24, 2.45) is 0 Å². The topological polar surface area (TPSA) is 32.7 Å². The van der Waals surface area contributed by atoms with E-state index < -0.39 is 0 Å². The van der Waals surface area contributed by atoms with Crippen LogP contribution < -0.4 is 4.74 Å². The van der Waals surface area contributed by atoms with Gasteiger partial charge in [-0.05, 0) is 19.5 Å². The maximum atomic E-state index is 10.2. The van der Waals surface area contributed by atoms with E-state index in [1.165, 1.54) is 0 Å². The molecule has 2 aliphatic rings. The van der Waals surface area contributed by atoms with Gasteiger partial charge in [-0.3, -0.25) is 4.90 Å². The summed E-state index contributed by atoms with van der Waals surface area (Å²) in [5, 5.41) is 10.2. The third-order valence-electron chi connectivity index (χ3n) is 3.86. The molecule has 94 valence electrons. The minimum absolute atomic E-state index is 0. The van der Waals surface area contributed by atoms with Crippen molar-refractivity contribution in [2.45, 2.75) is 24.5 Å². The molecule has 1 saturated heterocycles. The van der Waals surface area contributed by atoms with E-state index in [-0.39, 0.29) is 24.4 Å². The molecule has 17 heavy (non-hydrogen) atoms. The van der Waals surface area contributed by atoms with Gasteiger partial charge < -0.3 is 9.84 Å². The highest BCUT2D eigenvalue weighted by molar-refractivity contribution is 5.85. The van der Waals surface area contributed by atoms with Crippen molar-refractivity contribution in [2.75, 3.05) is 20.2 Å². The zero-order chi connectivity index (χ0) is 11.1. The molecule has 2 aliphatic heterocycles. The smallest absolute Gasteiger partial charge is 0.123 e. The number of aliphatic hydroxyl groups is 1. The van der Waals surface area contributed by atoms with Crippen LogP contribution in [-0.4, -0.2) is 42.4 Å². The first-order valence-electron chi connectivity index (χ1n) is 5.87. The largest absolute Gasteiger partial charge is 0.492 e. The molecule has 0 bridgehead atoms. The van der Waals surface area contributed by atoms with Crippen LogP contribution in [0.4, 0.5) is 0 Å². The molecule has 1 aromatic rings. The first kappa shape index (κ1) is 12.7. The van der Waals surface area contributed by atoms with Crippen LogP contribution in [-0.2, 0) is 0 Å². The van der Waals surface area contributed by atoms with Crippen molar-refractivity contribution >= 4 is 12.4 Å². The van der Waals surface area contributed by atoms with Crippen molar-refractivity contribution in [3.63, 3.8) is 0 Å². The molecule has 0 spiro atoms. The van der Waals surface area contributed by atoms with E-state index in [1.54, 1.807) is 0 Å². The van der Waals surface area contributed by atoms with Crippen LogP contribution >= 0.6 is 12.4 Å². The van der Waals surface area contributed by atoms with Gasteiger partial charge >= 0.3 is 0 Å². The first-order valence-corrected chi connectivity index (χ1v) is 5.87. The van der Waals surface area contributed by atoms with E-state index in [9.17, 15) is 5.11 Å². The normalized spacial score (nSPS) is 31.8. The Labute approximate surface area is 108 Å². The Bertz CT molecular complexity index is 399. The quantitative estimate of drug-likeness (QED) is 0.765. The number of likely N-dealkylation sites (N-methyl/N-ethyl adjacent to an activating group) is 1. The average molecular weight is 256 g/mol. The molecular weight excluding hydrogens is 238 g/mol. The predicted molar refractivity (Wildman–Crippen MR) is 69.0 cm³/mol. The Kier molecular flexibility index (Phi) is 3.61. The third kappa shape index (κ3) is 2.03. The lowest BCUT2D eigenvalue weighted by Crippen LogP contribution is -2.52. The first-order chi connectivity index (χ1) is 7.77. The van der Waals surface area contributed by atoms with Gasteiger partial charge in [-0.25, -0.2) is 0 Å². The highest BCUT2D eigenvalue weighted by Crippen LogP contribution is 2.40. The minimum atomic E-state index is -0.230. The highest BCUT2D eigenvalue weighted by Gasteiger charge is 2.40. The molecule has 4 heteroatoms. The summed E-state index contributed by atoms with van der Waals surface area (Å²) in [7, 11) is 2.11. The van der Waals surface area contributed by atoms with Crippen LogP contribution in [0.3, 0.4) is 0 Å². The highest BCUT2D eigenvalue weighted by atomic mass is 35.5. The summed E-state index contributed by atoms with van der Waals surface area (Å²) < 4.78 is 5.76. The number of rotatable bonds is 0. The Morgan fingerprint density at radius 1 is 1.35 bits per heavy atom. The van der Waals surface area contributed by atoms with Gasteiger partial charge in [-0.15, -0.1) is 12.4 Å². The molecule has 3 nitrogen and oxygen atoms in total. The van der Waals surface area contributed by atoms with Gasteiger partial charge in [-0.1, -0.05) is 18.2 Å². The maximum absolute atomic E-state index is 10.2. The predicted octanol–water partition coefficient (Wildman–Crippen LogP) is 1.65. The summed E-state index contributed by atoms with van der Waals surface area (Å²) in [6, 6.07) is 8.39. The maximum Gasteiger partial charge on any atom is 0.123 e. The van der Waals surface area contributed by atoms with E-state index in [2.05, 4.69) is 18.0 Å². The third-order valence-corrected chi connectivity index (χ3v) is 3.86. The fraction of sp³-hybridized carbons (Fsp3) is 0.538. The Morgan fingerprint density at radius 2 is 2.12 bits per heavy atom. The fourth-order valence-corrected chi connectivity index (χ4v) is 2.92. The molecule has 0 aliphatic carbocycles. The summed E-state index contributed by atoms with van der Waals surface area (Å²) in [5.74, 6) is 1.15. The van der Waals surface area contributed by atoms with Gasteiger partial charge in [0.2, 0.25) is 0 Å². The molecule has 0 amide bonds. The molecule has 3 rings (SSSR count). The van der Waals surface area contributed by atoms with Crippen molar-refractivity contribution < 1.29 is 9.84 Å². The lowest BCUT2D eigenvalue weighted by atomic mass is 9.80. The van der Waals surface area contributed by atoms with Crippen LogP contribution in [0.15, 0.2) is 24.3 Å². The van der Waals surface area contributed by atoms with Crippen molar-refractivity contribution in [1.82, 2.24) is 4.90 Å². The molecule has 1 N–H and O–H groups in total. The zero-order valence-electron chi connectivity index (χ0n) is 9.87. The van der Waals surface area contributed by atoms with Crippen LogP contribution in [0, 0.1) is 0 Å². The monoisotopic (exact) mass is 255 g/mol. The summed E-state index contributed by atoms with van der Waals surface area (Å²) >= 11 is 0. The molecule has 3 atom stereocenters. The molecule has 0 radical (unpaired) electrons. The summed E-state index contributed by atoms with van der Waals surface area (Å²) in [4.78, 5) is 2.30. The second kappa shape index (κ2) is 4.84. The van der Waals surface area contributed by atoms with Gasteiger partial charge in [0.05, 0.1) is 12.1 Å². The number of para-hydroxylation sites is 1. The number of ether oxygens (including phenoxy) is 1. The number of benzene rings is 1. The number of hydrogen-bond donors (Lipinski definition) is 1. The number of likely N-dealkylation sites (tertiary alicyclic amines) is 1. The SMILES string of the molecule is CN1CCC(O)[C@@H]2c3ccccc3OC[C@@H]21.Cl. The summed E-state index contributed by atoms with van der Waals surface area (Å²) in [6.07, 6.45) is 0.623. The van der Waals surface area contributed by atoms with E-state index >= 15 is 0 Å². The van der Waals surface area contributed by atoms with Gasteiger partial charge in [0.15, 0.2) is 0 Å². The van der Waals surface area contributed by atoms with Crippen LogP contribution in [0.2, 0.25) is 0 Å². The van der Waals surface area contributed by atoms with Crippen molar-refractivity contribution in [3.05, 3.63) is 29.8 Å². The number of halogens is 1. The van der Waals surface area contributed by atoms with Gasteiger partial charge in [0.1, 0.15) is 12.4 Å². The van der Waals surface area contributed by atoms with E-state index in [4.69, 9.17) is 4.74 Å². The van der Waals surface area contributed by atoms with Crippen LogP contribution in [0.1, 0.15) is 17.9 Å². The standard InChI is InChI=1S/C13H17NO2.ClH/c1-14-7-6-11(15)13-9-4-2-3-5-12(9)16-8-10(13)14;/h2-5,10-11,13,15H,6-8H2,1H3;1H/t10-,11?,13+;/m0./s1. The van der Waals surface area contributed by atoms with E-state index in [0.29, 0.717) is 12.6 Å². The Balaban J connectivity index is 0.00000108. The Hall–Kier alpha value is -0.770. The lowest BCUT2D eigenvalue weighted by Gasteiger charge is -2.45. The van der Waals surface area contributed by atoms with Gasteiger partial charge in [-0.2, -0.15) is 0 Å². The number of hydrogen-bond acceptors (Lipinski definition) is 3.